The van der Waals surface area contributed by atoms with Crippen molar-refractivity contribution in [1.29, 1.82) is 0 Å². The molecule has 4 N–H and O–H groups in total. The van der Waals surface area contributed by atoms with Crippen LogP contribution in [0, 0.1) is 11.8 Å². The van der Waals surface area contributed by atoms with Crippen LogP contribution in [-0.2, 0) is 28.7 Å². The van der Waals surface area contributed by atoms with Gasteiger partial charge in [0.2, 0.25) is 23.6 Å². The molecule has 2 heterocycles. The third kappa shape index (κ3) is 8.43. The SMILES string of the molecule is CC(C)C1NC(=O)CC(/C=C/CCS)OC(=O)C(C(C)C)NC(=O)C2NC(=O)C(CSC2C)NC1=O. The minimum absolute atomic E-state index is 0.205. The fourth-order valence-corrected chi connectivity index (χ4v) is 5.09. The number of hydrogen-bond donors (Lipinski definition) is 5. The Hall–Kier alpha value is -2.21. The first-order valence-electron chi connectivity index (χ1n) is 12.2. The molecule has 202 valence electrons. The minimum atomic E-state index is -0.981. The molecule has 36 heavy (non-hydrogen) atoms. The number of carbonyl (C=O) groups is 5. The second-order valence-electron chi connectivity index (χ2n) is 9.73. The Bertz CT molecular complexity index is 866. The Balaban J connectivity index is 2.44. The smallest absolute Gasteiger partial charge is 0.329 e. The van der Waals surface area contributed by atoms with E-state index in [1.54, 1.807) is 46.8 Å². The van der Waals surface area contributed by atoms with E-state index in [1.807, 2.05) is 0 Å². The van der Waals surface area contributed by atoms with Gasteiger partial charge >= 0.3 is 5.97 Å². The van der Waals surface area contributed by atoms with Gasteiger partial charge in [-0.15, -0.1) is 0 Å². The molecule has 2 saturated heterocycles. The number of esters is 1. The van der Waals surface area contributed by atoms with E-state index in [4.69, 9.17) is 4.74 Å². The standard InChI is InChI=1S/C24H38N4O6S2/c1-12(2)18-22(31)25-16-11-36-14(5)20(28-21(16)30)23(32)27-19(13(3)4)24(33)34-15(8-6-7-9-35)10-17(29)26-18/h6,8,12-16,18-20,35H,7,9-11H2,1-5H3,(H,25,31)(H,26,29)(H,27,32)(H,28,30)/b8-6+. The molecule has 2 bridgehead atoms. The van der Waals surface area contributed by atoms with Gasteiger partial charge in [-0.2, -0.15) is 24.4 Å². The summed E-state index contributed by atoms with van der Waals surface area (Å²) in [6.45, 7) is 8.90. The molecule has 0 saturated carbocycles. The van der Waals surface area contributed by atoms with Gasteiger partial charge in [0.25, 0.3) is 0 Å². The lowest BCUT2D eigenvalue weighted by molar-refractivity contribution is -0.153. The monoisotopic (exact) mass is 542 g/mol. The lowest BCUT2D eigenvalue weighted by atomic mass is 10.0. The number of carbonyl (C=O) groups excluding carboxylic acids is 5. The van der Waals surface area contributed by atoms with Crippen molar-refractivity contribution in [3.05, 3.63) is 12.2 Å². The first kappa shape index (κ1) is 30.0. The number of amides is 4. The van der Waals surface area contributed by atoms with Crippen molar-refractivity contribution in [2.75, 3.05) is 11.5 Å². The summed E-state index contributed by atoms with van der Waals surface area (Å²) in [5.41, 5.74) is 0. The third-order valence-electron chi connectivity index (χ3n) is 5.99. The molecule has 0 radical (unpaired) electrons. The Morgan fingerprint density at radius 3 is 2.22 bits per heavy atom. The zero-order valence-electron chi connectivity index (χ0n) is 21.4. The van der Waals surface area contributed by atoms with Gasteiger partial charge in [0.1, 0.15) is 30.3 Å². The molecule has 0 aliphatic carbocycles. The van der Waals surface area contributed by atoms with Crippen LogP contribution in [0.5, 0.6) is 0 Å². The number of hydrogen-bond acceptors (Lipinski definition) is 8. The fourth-order valence-electron chi connectivity index (χ4n) is 3.82. The largest absolute Gasteiger partial charge is 0.456 e. The van der Waals surface area contributed by atoms with Crippen molar-refractivity contribution in [2.45, 2.75) is 83.0 Å². The van der Waals surface area contributed by atoms with Crippen molar-refractivity contribution < 1.29 is 28.7 Å². The van der Waals surface area contributed by atoms with Gasteiger partial charge in [-0.1, -0.05) is 40.7 Å². The second kappa shape index (κ2) is 13.9. The van der Waals surface area contributed by atoms with Crippen molar-refractivity contribution in [3.8, 4) is 0 Å². The molecule has 0 spiro atoms. The molecule has 0 aromatic carbocycles. The minimum Gasteiger partial charge on any atom is -0.456 e. The van der Waals surface area contributed by atoms with E-state index in [1.165, 1.54) is 11.8 Å². The molecule has 2 rings (SSSR count). The molecule has 12 heteroatoms. The van der Waals surface area contributed by atoms with E-state index >= 15 is 0 Å². The Labute approximate surface area is 222 Å². The molecule has 0 aromatic heterocycles. The summed E-state index contributed by atoms with van der Waals surface area (Å²) < 4.78 is 5.65. The van der Waals surface area contributed by atoms with Gasteiger partial charge in [-0.3, -0.25) is 19.2 Å². The highest BCUT2D eigenvalue weighted by atomic mass is 32.2. The van der Waals surface area contributed by atoms with Crippen LogP contribution in [0.25, 0.3) is 0 Å². The number of fused-ring (bicyclic) bond motifs is 3. The highest BCUT2D eigenvalue weighted by molar-refractivity contribution is 8.00. The maximum atomic E-state index is 13.2. The van der Waals surface area contributed by atoms with E-state index in [-0.39, 0.29) is 29.3 Å². The Morgan fingerprint density at radius 2 is 1.61 bits per heavy atom. The second-order valence-corrected chi connectivity index (χ2v) is 11.6. The third-order valence-corrected chi connectivity index (χ3v) is 7.57. The molecule has 2 aliphatic heterocycles. The fraction of sp³-hybridized carbons (Fsp3) is 0.708. The first-order valence-corrected chi connectivity index (χ1v) is 13.9. The first-order chi connectivity index (χ1) is 16.9. The van der Waals surface area contributed by atoms with Crippen LogP contribution in [-0.4, -0.2) is 76.6 Å². The number of cyclic esters (lactones) is 1. The van der Waals surface area contributed by atoms with Crippen LogP contribution in [0.4, 0.5) is 0 Å². The summed E-state index contributed by atoms with van der Waals surface area (Å²) in [5, 5.41) is 10.6. The average molecular weight is 543 g/mol. The lowest BCUT2D eigenvalue weighted by Crippen LogP contribution is -2.59. The molecular weight excluding hydrogens is 504 g/mol. The number of ether oxygens (including phenoxy) is 1. The van der Waals surface area contributed by atoms with E-state index in [0.29, 0.717) is 12.2 Å². The molecule has 2 fully saturated rings. The summed E-state index contributed by atoms with van der Waals surface area (Å²) in [6.07, 6.45) is 2.89. The highest BCUT2D eigenvalue weighted by Gasteiger charge is 2.39. The van der Waals surface area contributed by atoms with Crippen LogP contribution < -0.4 is 21.3 Å². The van der Waals surface area contributed by atoms with Gasteiger partial charge in [0, 0.05) is 11.0 Å². The number of allylic oxidation sites excluding steroid dienone is 1. The van der Waals surface area contributed by atoms with Crippen molar-refractivity contribution >= 4 is 54.0 Å². The normalized spacial score (nSPS) is 31.1. The highest BCUT2D eigenvalue weighted by Crippen LogP contribution is 2.21. The van der Waals surface area contributed by atoms with Gasteiger partial charge in [-0.05, 0) is 30.1 Å². The summed E-state index contributed by atoms with van der Waals surface area (Å²) >= 11 is 5.53. The predicted octanol–water partition coefficient (Wildman–Crippen LogP) is 0.565. The van der Waals surface area contributed by atoms with E-state index < -0.39 is 59.9 Å². The predicted molar refractivity (Wildman–Crippen MR) is 141 cm³/mol. The maximum absolute atomic E-state index is 13.2. The number of rotatable bonds is 5. The van der Waals surface area contributed by atoms with Crippen LogP contribution in [0.15, 0.2) is 12.2 Å². The number of thioether (sulfide) groups is 1. The molecular formula is C24H38N4O6S2. The van der Waals surface area contributed by atoms with Crippen LogP contribution in [0.3, 0.4) is 0 Å². The van der Waals surface area contributed by atoms with Crippen molar-refractivity contribution in [1.82, 2.24) is 21.3 Å². The summed E-state index contributed by atoms with van der Waals surface area (Å²) in [7, 11) is 0. The zero-order chi connectivity index (χ0) is 27.0. The Morgan fingerprint density at radius 1 is 0.944 bits per heavy atom. The number of thiol groups is 1. The van der Waals surface area contributed by atoms with E-state index in [0.717, 1.165) is 0 Å². The van der Waals surface area contributed by atoms with Gasteiger partial charge in [0.05, 0.1) is 6.42 Å². The topological polar surface area (TPSA) is 143 Å². The zero-order valence-corrected chi connectivity index (χ0v) is 23.1. The Kier molecular flexibility index (Phi) is 11.6. The van der Waals surface area contributed by atoms with Gasteiger partial charge < -0.3 is 26.0 Å². The van der Waals surface area contributed by atoms with Gasteiger partial charge in [-0.25, -0.2) is 4.79 Å². The molecule has 6 unspecified atom stereocenters. The van der Waals surface area contributed by atoms with Crippen molar-refractivity contribution in [3.63, 3.8) is 0 Å². The van der Waals surface area contributed by atoms with E-state index in [9.17, 15) is 24.0 Å². The van der Waals surface area contributed by atoms with Crippen LogP contribution in [0.1, 0.15) is 47.5 Å². The van der Waals surface area contributed by atoms with Crippen LogP contribution >= 0.6 is 24.4 Å². The molecule has 6 atom stereocenters. The summed E-state index contributed by atoms with van der Waals surface area (Å²) in [4.78, 5) is 65.1. The van der Waals surface area contributed by atoms with Gasteiger partial charge in [0.15, 0.2) is 0 Å². The summed E-state index contributed by atoms with van der Waals surface area (Å²) in [6, 6.07) is -3.66. The average Bonchev–Trinajstić information content (AvgIpc) is 2.93. The van der Waals surface area contributed by atoms with Crippen molar-refractivity contribution in [2.24, 2.45) is 11.8 Å². The molecule has 10 nitrogen and oxygen atoms in total. The lowest BCUT2D eigenvalue weighted by Gasteiger charge is -2.28. The van der Waals surface area contributed by atoms with Crippen LogP contribution in [0.2, 0.25) is 0 Å². The quantitative estimate of drug-likeness (QED) is 0.194. The number of nitrogens with one attached hydrogen (secondary N) is 4. The molecule has 0 aromatic rings. The molecule has 2 aliphatic rings. The summed E-state index contributed by atoms with van der Waals surface area (Å²) in [5.74, 6) is -2.42. The maximum Gasteiger partial charge on any atom is 0.329 e. The van der Waals surface area contributed by atoms with E-state index in [2.05, 4.69) is 33.9 Å². The molecule has 4 amide bonds.